The Balaban J connectivity index is 1.40. The molecular weight excluding hydrogens is 669 g/mol. The largest absolute Gasteiger partial charge is 0.398 e. The van der Waals surface area contributed by atoms with Crippen molar-refractivity contribution in [2.45, 2.75) is 31.2 Å². The molecule has 1 aromatic heterocycles. The quantitative estimate of drug-likeness (QED) is 0.100. The number of nitrogens with zero attached hydrogens (tertiary/aromatic N) is 2. The second-order valence-corrected chi connectivity index (χ2v) is 15.6. The number of benzene rings is 4. The van der Waals surface area contributed by atoms with Crippen LogP contribution in [-0.2, 0) is 26.8 Å². The molecule has 0 spiro atoms. The molecule has 1 aliphatic rings. The highest BCUT2D eigenvalue weighted by atomic mass is 32.2. The number of oxazole rings is 1. The van der Waals surface area contributed by atoms with Crippen molar-refractivity contribution in [2.24, 2.45) is 0 Å². The van der Waals surface area contributed by atoms with Gasteiger partial charge in [0.2, 0.25) is 5.58 Å². The molecule has 2 heterocycles. The van der Waals surface area contributed by atoms with Gasteiger partial charge in [0.25, 0.3) is 25.8 Å². The molecule has 0 saturated carbocycles. The molecule has 2 N–H and O–H groups in total. The summed E-state index contributed by atoms with van der Waals surface area (Å²) in [5.41, 5.74) is 7.12. The summed E-state index contributed by atoms with van der Waals surface area (Å²) < 4.78 is 73.8. The van der Waals surface area contributed by atoms with Crippen molar-refractivity contribution in [3.63, 3.8) is 0 Å². The fourth-order valence-electron chi connectivity index (χ4n) is 5.67. The van der Waals surface area contributed by atoms with Crippen LogP contribution >= 0.6 is 11.8 Å². The first-order chi connectivity index (χ1) is 23.0. The van der Waals surface area contributed by atoms with Crippen LogP contribution in [0.3, 0.4) is 0 Å². The lowest BCUT2D eigenvalue weighted by Crippen LogP contribution is -2.38. The van der Waals surface area contributed by atoms with Gasteiger partial charge in [0, 0.05) is 17.5 Å². The summed E-state index contributed by atoms with van der Waals surface area (Å²) in [6, 6.07) is 31.8. The Labute approximate surface area is 284 Å². The average Bonchev–Trinajstić information content (AvgIpc) is 3.59. The molecule has 0 fully saturated rings. The number of anilines is 1. The van der Waals surface area contributed by atoms with Crippen molar-refractivity contribution in [3.8, 4) is 22.3 Å². The molecule has 0 unspecified atom stereocenters. The minimum absolute atomic E-state index is 0.0202. The summed E-state index contributed by atoms with van der Waals surface area (Å²) in [5.74, 6) is -0.414. The van der Waals surface area contributed by atoms with Gasteiger partial charge in [0.1, 0.15) is 5.75 Å². The highest BCUT2D eigenvalue weighted by Gasteiger charge is 2.28. The molecule has 5 aromatic rings. The van der Waals surface area contributed by atoms with Crippen molar-refractivity contribution in [1.82, 2.24) is 0 Å². The first kappa shape index (κ1) is 33.7. The molecule has 1 aliphatic heterocycles. The van der Waals surface area contributed by atoms with Crippen LogP contribution in [-0.4, -0.2) is 44.0 Å². The number of rotatable bonds is 12. The van der Waals surface area contributed by atoms with Crippen molar-refractivity contribution in [2.75, 3.05) is 23.0 Å². The van der Waals surface area contributed by atoms with E-state index < -0.39 is 26.0 Å². The van der Waals surface area contributed by atoms with E-state index in [1.807, 2.05) is 97.9 Å². The predicted octanol–water partition coefficient (Wildman–Crippen LogP) is 7.47. The van der Waals surface area contributed by atoms with E-state index in [2.05, 4.69) is 23.1 Å². The number of fused-ring (bicyclic) bond motifs is 2. The van der Waals surface area contributed by atoms with Crippen LogP contribution in [0.15, 0.2) is 123 Å². The molecular formula is C36H35N2O7S3+. The van der Waals surface area contributed by atoms with Crippen LogP contribution in [0.5, 0.6) is 0 Å². The zero-order chi connectivity index (χ0) is 33.9. The average molecular weight is 704 g/mol. The molecule has 4 aromatic carbocycles. The van der Waals surface area contributed by atoms with Crippen LogP contribution < -0.4 is 9.47 Å². The number of allylic oxidation sites excluding steroid dienone is 2. The van der Waals surface area contributed by atoms with Crippen LogP contribution in [0.4, 0.5) is 5.69 Å². The van der Waals surface area contributed by atoms with Crippen LogP contribution in [0, 0.1) is 0 Å². The topological polar surface area (TPSA) is 129 Å². The molecule has 12 heteroatoms. The van der Waals surface area contributed by atoms with E-state index >= 15 is 0 Å². The van der Waals surface area contributed by atoms with Gasteiger partial charge in [-0.3, -0.25) is 9.11 Å². The van der Waals surface area contributed by atoms with E-state index in [4.69, 9.17) is 4.42 Å². The van der Waals surface area contributed by atoms with Crippen molar-refractivity contribution >= 4 is 54.9 Å². The zero-order valence-electron chi connectivity index (χ0n) is 26.2. The van der Waals surface area contributed by atoms with Gasteiger partial charge in [0.05, 0.1) is 22.5 Å². The highest BCUT2D eigenvalue weighted by molar-refractivity contribution is 8.03. The molecule has 0 aliphatic carbocycles. The molecule has 248 valence electrons. The van der Waals surface area contributed by atoms with Crippen molar-refractivity contribution in [3.05, 3.63) is 120 Å². The van der Waals surface area contributed by atoms with E-state index in [1.54, 1.807) is 16.3 Å². The highest BCUT2D eigenvalue weighted by Crippen LogP contribution is 2.48. The molecule has 48 heavy (non-hydrogen) atoms. The van der Waals surface area contributed by atoms with Crippen LogP contribution in [0.1, 0.15) is 25.7 Å². The van der Waals surface area contributed by atoms with Gasteiger partial charge >= 0.3 is 5.89 Å². The number of thioether (sulfide) groups is 1. The summed E-state index contributed by atoms with van der Waals surface area (Å²) >= 11 is 1.57. The van der Waals surface area contributed by atoms with Crippen molar-refractivity contribution in [1.29, 1.82) is 0 Å². The lowest BCUT2D eigenvalue weighted by atomic mass is 10.0. The maximum absolute atomic E-state index is 11.8. The fraction of sp³-hybridized carbons (Fsp3) is 0.194. The van der Waals surface area contributed by atoms with Gasteiger partial charge in [-0.1, -0.05) is 91.5 Å². The molecule has 0 amide bonds. The second-order valence-electron chi connectivity index (χ2n) is 11.4. The summed E-state index contributed by atoms with van der Waals surface area (Å²) in [6.07, 6.45) is 4.73. The third-order valence-corrected chi connectivity index (χ3v) is 10.7. The first-order valence-corrected chi connectivity index (χ1v) is 19.5. The van der Waals surface area contributed by atoms with Gasteiger partial charge in [-0.15, -0.1) is 0 Å². The Hall–Kier alpha value is -4.20. The van der Waals surface area contributed by atoms with Gasteiger partial charge in [0.15, 0.2) is 6.54 Å². The number of aryl methyl sites for hydroxylation is 1. The molecule has 0 saturated heterocycles. The number of aromatic nitrogens is 1. The smallest absolute Gasteiger partial charge is 0.374 e. The van der Waals surface area contributed by atoms with E-state index in [1.165, 1.54) is 0 Å². The third kappa shape index (κ3) is 8.08. The Morgan fingerprint density at radius 2 is 1.44 bits per heavy atom. The van der Waals surface area contributed by atoms with Gasteiger partial charge in [-0.25, -0.2) is 0 Å². The zero-order valence-corrected chi connectivity index (χ0v) is 28.6. The molecule has 0 radical (unpaired) electrons. The minimum atomic E-state index is -4.25. The second kappa shape index (κ2) is 14.1. The fourth-order valence-corrected chi connectivity index (χ4v) is 7.73. The van der Waals surface area contributed by atoms with Crippen LogP contribution in [0.2, 0.25) is 0 Å². The van der Waals surface area contributed by atoms with E-state index in [0.29, 0.717) is 30.0 Å². The molecule has 6 rings (SSSR count). The lowest BCUT2D eigenvalue weighted by Gasteiger charge is -2.21. The maximum Gasteiger partial charge on any atom is 0.374 e. The third-order valence-electron chi connectivity index (χ3n) is 8.06. The van der Waals surface area contributed by atoms with Crippen molar-refractivity contribution < 1.29 is 34.9 Å². The van der Waals surface area contributed by atoms with E-state index in [9.17, 15) is 25.9 Å². The van der Waals surface area contributed by atoms with Gasteiger partial charge < -0.3 is 9.32 Å². The molecule has 0 bridgehead atoms. The maximum atomic E-state index is 11.8. The summed E-state index contributed by atoms with van der Waals surface area (Å²) in [4.78, 5) is 3.08. The predicted molar refractivity (Wildman–Crippen MR) is 191 cm³/mol. The van der Waals surface area contributed by atoms with Crippen LogP contribution in [0.25, 0.3) is 39.4 Å². The van der Waals surface area contributed by atoms with Gasteiger partial charge in [-0.2, -0.15) is 21.4 Å². The summed E-state index contributed by atoms with van der Waals surface area (Å²) in [5, 5.41) is 0.880. The standard InChI is InChI=1S/C36H34N2O7S3/c1-2-26(22-35-37(19-21-48(42,43)44)31-24-29(14-16-33(31)45-35)27-10-5-3-6-11-27)23-36-38(18-9-20-47(39,40)41)32-25-30(15-17-34(32)46-36)28-12-7-4-8-13-28/h3-8,10-17,22-25H,2,9,18-21H2,1H3,(H-,39,40,41,42,43,44)/p+1. The summed E-state index contributed by atoms with van der Waals surface area (Å²) in [7, 11) is -8.37. The molecule has 9 nitrogen and oxygen atoms in total. The summed E-state index contributed by atoms with van der Waals surface area (Å²) in [6.45, 7) is 2.35. The first-order valence-electron chi connectivity index (χ1n) is 15.5. The van der Waals surface area contributed by atoms with E-state index in [0.717, 1.165) is 43.4 Å². The Kier molecular flexibility index (Phi) is 9.90. The minimum Gasteiger partial charge on any atom is -0.398 e. The Bertz CT molecular complexity index is 2230. The SMILES string of the molecule is CCC(=Cc1oc2ccc(-c3ccccc3)cc2[n+]1CCS(=O)(=O)O)C=C1Sc2ccc(-c3ccccc3)cc2N1CCCS(=O)(=O)O. The lowest BCUT2D eigenvalue weighted by molar-refractivity contribution is -0.673. The Morgan fingerprint density at radius 3 is 2.06 bits per heavy atom. The number of hydrogen-bond acceptors (Lipinski definition) is 7. The van der Waals surface area contributed by atoms with Gasteiger partial charge in [-0.05, 0) is 64.9 Å². The number of hydrogen-bond donors (Lipinski definition) is 2. The van der Waals surface area contributed by atoms with E-state index in [-0.39, 0.29) is 18.7 Å². The molecule has 0 atom stereocenters. The normalized spacial score (nSPS) is 14.6. The monoisotopic (exact) mass is 703 g/mol. The Morgan fingerprint density at radius 1 is 0.812 bits per heavy atom.